The summed E-state index contributed by atoms with van der Waals surface area (Å²) in [5, 5.41) is 14.5. The first-order chi connectivity index (χ1) is 21.8. The molecular formula is C28H36Br2N2O6S. The summed E-state index contributed by atoms with van der Waals surface area (Å²) in [6, 6.07) is 10.4. The molecule has 3 rings (SSSR count). The number of amides is 1. The summed E-state index contributed by atoms with van der Waals surface area (Å²) in [4.78, 5) is 12.2. The largest absolute Gasteiger partial charge is 0.449 e. The van der Waals surface area contributed by atoms with Crippen molar-refractivity contribution in [1.29, 1.82) is 0 Å². The van der Waals surface area contributed by atoms with Gasteiger partial charge >= 0.3 is 6.09 Å². The first kappa shape index (κ1) is 20.9. The summed E-state index contributed by atoms with van der Waals surface area (Å²) in [6.45, 7) is -8.34. The van der Waals surface area contributed by atoms with E-state index in [1.807, 2.05) is 0 Å². The van der Waals surface area contributed by atoms with E-state index >= 15 is 0 Å². The number of hydrogen-bond acceptors (Lipinski definition) is 6. The van der Waals surface area contributed by atoms with Crippen LogP contribution in [0.1, 0.15) is 57.9 Å². The molecule has 1 heterocycles. The number of hydrogen-bond donors (Lipinski definition) is 2. The molecule has 0 saturated carbocycles. The summed E-state index contributed by atoms with van der Waals surface area (Å²) < 4.78 is 114. The summed E-state index contributed by atoms with van der Waals surface area (Å²) >= 11 is 6.53. The molecule has 0 saturated heterocycles. The van der Waals surface area contributed by atoms with E-state index in [0.29, 0.717) is 11.1 Å². The molecule has 3 aromatic rings. The van der Waals surface area contributed by atoms with Crippen LogP contribution in [-0.4, -0.2) is 54.7 Å². The van der Waals surface area contributed by atoms with Crippen molar-refractivity contribution in [3.8, 4) is 0 Å². The fourth-order valence-electron chi connectivity index (χ4n) is 3.75. The van der Waals surface area contributed by atoms with E-state index < -0.39 is 71.4 Å². The van der Waals surface area contributed by atoms with Crippen LogP contribution in [0.5, 0.6) is 0 Å². The molecule has 0 aliphatic heterocycles. The highest BCUT2D eigenvalue weighted by Crippen LogP contribution is 2.34. The molecule has 0 aliphatic rings. The van der Waals surface area contributed by atoms with Crippen molar-refractivity contribution in [2.75, 3.05) is 13.0 Å². The second kappa shape index (κ2) is 13.2. The van der Waals surface area contributed by atoms with E-state index in [1.54, 1.807) is 51.1 Å². The van der Waals surface area contributed by atoms with Gasteiger partial charge in [-0.25, -0.2) is 13.2 Å². The Bertz CT molecular complexity index is 1700. The molecule has 0 unspecified atom stereocenters. The molecule has 214 valence electrons. The van der Waals surface area contributed by atoms with Gasteiger partial charge in [0.1, 0.15) is 11.2 Å². The number of nitrogens with one attached hydrogen (secondary N) is 1. The van der Waals surface area contributed by atoms with E-state index in [0.717, 1.165) is 12.1 Å². The van der Waals surface area contributed by atoms with Crippen LogP contribution in [0, 0.1) is 5.89 Å². The second-order valence-corrected chi connectivity index (χ2v) is 12.8. The topological polar surface area (TPSA) is 109 Å². The van der Waals surface area contributed by atoms with Gasteiger partial charge in [-0.05, 0) is 72.8 Å². The molecule has 2 aromatic carbocycles. The fourth-order valence-corrected chi connectivity index (χ4v) is 6.53. The van der Waals surface area contributed by atoms with Gasteiger partial charge in [-0.3, -0.25) is 0 Å². The van der Waals surface area contributed by atoms with Crippen LogP contribution in [0.25, 0.3) is 11.0 Å². The Morgan fingerprint density at radius 1 is 1.26 bits per heavy atom. The van der Waals surface area contributed by atoms with Crippen LogP contribution in [-0.2, 0) is 26.5 Å². The minimum absolute atomic E-state index is 0.130. The number of carbonyl (C=O) groups is 1. The Balaban J connectivity index is 2.25. The first-order valence-electron chi connectivity index (χ1n) is 16.3. The maximum Gasteiger partial charge on any atom is 0.407 e. The first-order valence-corrected chi connectivity index (χ1v) is 15.1. The van der Waals surface area contributed by atoms with E-state index in [9.17, 15) is 18.3 Å². The molecule has 1 aromatic heterocycles. The average Bonchev–Trinajstić information content (AvgIpc) is 3.27. The van der Waals surface area contributed by atoms with Crippen molar-refractivity contribution in [3.05, 3.63) is 64.3 Å². The molecule has 11 heteroatoms. The van der Waals surface area contributed by atoms with Crippen LogP contribution in [0.2, 0.25) is 0 Å². The minimum Gasteiger partial charge on any atom is -0.449 e. The summed E-state index contributed by atoms with van der Waals surface area (Å²) in [5.74, 6) is -4.06. The number of carbonyl (C=O) groups excluding carboxylic acids is 1. The van der Waals surface area contributed by atoms with Gasteiger partial charge in [0.25, 0.3) is 0 Å². The van der Waals surface area contributed by atoms with Crippen LogP contribution >= 0.6 is 31.9 Å². The molecule has 0 radical (unpaired) electrons. The number of rotatable bonds is 11. The quantitative estimate of drug-likeness (QED) is 0.230. The molecule has 0 bridgehead atoms. The maximum absolute atomic E-state index is 14.4. The number of halogens is 2. The van der Waals surface area contributed by atoms with Gasteiger partial charge in [-0.2, -0.15) is 4.31 Å². The monoisotopic (exact) mass is 695 g/mol. The van der Waals surface area contributed by atoms with Crippen molar-refractivity contribution < 1.29 is 39.8 Å². The van der Waals surface area contributed by atoms with E-state index in [4.69, 9.17) is 21.5 Å². The predicted octanol–water partition coefficient (Wildman–Crippen LogP) is 6.23. The molecule has 2 atom stereocenters. The number of ether oxygens (including phenoxy) is 1. The zero-order valence-electron chi connectivity index (χ0n) is 30.5. The number of furan rings is 1. The second-order valence-electron chi connectivity index (χ2n) is 9.68. The SMILES string of the molecule is [2H]C([2H])([2H])C([2H])(C([2H])([2H])[2H])C([2H])([2H])N(C[C@@H](O)[C@H](Cc1ccccc1)NC(=O)OC(C)(C)C)S(=O)(=O)c1ccc2oc(Br)c(CBr)c2c1. The molecule has 2 N–H and O–H groups in total. The van der Waals surface area contributed by atoms with Gasteiger partial charge in [0.2, 0.25) is 10.0 Å². The van der Waals surface area contributed by atoms with Crippen LogP contribution in [0.15, 0.2) is 62.5 Å². The predicted molar refractivity (Wildman–Crippen MR) is 159 cm³/mol. The molecule has 39 heavy (non-hydrogen) atoms. The van der Waals surface area contributed by atoms with Gasteiger partial charge in [0.15, 0.2) is 4.67 Å². The fraction of sp³-hybridized carbons (Fsp3) is 0.464. The molecule has 1 amide bonds. The zero-order chi connectivity index (χ0) is 36.7. The summed E-state index contributed by atoms with van der Waals surface area (Å²) in [6.07, 6.45) is -3.13. The number of sulfonamides is 1. The normalized spacial score (nSPS) is 18.8. The van der Waals surface area contributed by atoms with E-state index in [1.165, 1.54) is 6.07 Å². The van der Waals surface area contributed by atoms with Crippen LogP contribution in [0.3, 0.4) is 0 Å². The highest BCUT2D eigenvalue weighted by atomic mass is 79.9. The zero-order valence-corrected chi connectivity index (χ0v) is 25.5. The number of alkyl halides is 1. The van der Waals surface area contributed by atoms with Crippen LogP contribution < -0.4 is 5.32 Å². The average molecular weight is 698 g/mol. The number of alkyl carbamates (subject to hydrolysis) is 1. The Hall–Kier alpha value is -1.92. The Labute approximate surface area is 260 Å². The number of fused-ring (bicyclic) bond motifs is 1. The smallest absolute Gasteiger partial charge is 0.407 e. The van der Waals surface area contributed by atoms with Gasteiger partial charge in [-0.1, -0.05) is 60.0 Å². The Morgan fingerprint density at radius 3 is 2.56 bits per heavy atom. The third kappa shape index (κ3) is 8.53. The molecule has 0 aliphatic carbocycles. The third-order valence-corrected chi connectivity index (χ3v) is 8.36. The van der Waals surface area contributed by atoms with Crippen molar-refractivity contribution in [2.45, 2.75) is 68.9 Å². The molecule has 0 fully saturated rings. The van der Waals surface area contributed by atoms with E-state index in [-0.39, 0.29) is 31.7 Å². The number of nitrogens with zero attached hydrogens (tertiary/aromatic N) is 1. The van der Waals surface area contributed by atoms with Crippen molar-refractivity contribution >= 4 is 58.9 Å². The Kier molecular flexibility index (Phi) is 7.05. The van der Waals surface area contributed by atoms with Crippen molar-refractivity contribution in [3.63, 3.8) is 0 Å². The lowest BCUT2D eigenvalue weighted by molar-refractivity contribution is 0.0400. The summed E-state index contributed by atoms with van der Waals surface area (Å²) in [5.41, 5.74) is 0.321. The lowest BCUT2D eigenvalue weighted by Crippen LogP contribution is -2.51. The van der Waals surface area contributed by atoms with Gasteiger partial charge in [-0.15, -0.1) is 0 Å². The Morgan fingerprint density at radius 2 is 1.95 bits per heavy atom. The lowest BCUT2D eigenvalue weighted by Gasteiger charge is -2.31. The molecule has 8 nitrogen and oxygen atoms in total. The minimum atomic E-state index is -5.27. The molecule has 0 spiro atoms. The summed E-state index contributed by atoms with van der Waals surface area (Å²) in [7, 11) is -5.27. The number of aliphatic hydroxyl groups excluding tert-OH is 1. The van der Waals surface area contributed by atoms with Gasteiger partial charge < -0.3 is 19.6 Å². The van der Waals surface area contributed by atoms with E-state index in [2.05, 4.69) is 37.2 Å². The van der Waals surface area contributed by atoms with Crippen LogP contribution in [0.4, 0.5) is 4.79 Å². The van der Waals surface area contributed by atoms with Crippen molar-refractivity contribution in [2.24, 2.45) is 5.89 Å². The van der Waals surface area contributed by atoms with Gasteiger partial charge in [0, 0.05) is 41.7 Å². The van der Waals surface area contributed by atoms with Gasteiger partial charge in [0.05, 0.1) is 17.0 Å². The van der Waals surface area contributed by atoms with Crippen molar-refractivity contribution in [1.82, 2.24) is 9.62 Å². The number of aliphatic hydroxyl groups is 1. The lowest BCUT2D eigenvalue weighted by atomic mass is 10.0. The number of benzene rings is 2. The highest BCUT2D eigenvalue weighted by molar-refractivity contribution is 9.10. The molecular weight excluding hydrogens is 652 g/mol. The highest BCUT2D eigenvalue weighted by Gasteiger charge is 2.32. The standard InChI is InChI=1S/C28H36Br2N2O6S/c1-18(2)16-32(39(35,36)20-11-12-25-21(14-20)22(15-29)26(30)37-25)17-24(33)23(13-19-9-7-6-8-10-19)31-27(34)38-28(3,4)5/h6-12,14,18,23-24,33H,13,15-17H2,1-5H3,(H,31,34)/t23-,24+/m0/s1/i1D3,2D3,16D2,18D. The maximum atomic E-state index is 14.4. The third-order valence-electron chi connectivity index (χ3n) is 5.49.